The summed E-state index contributed by atoms with van der Waals surface area (Å²) in [6, 6.07) is 16.2. The minimum absolute atomic E-state index is 0.683. The molecule has 2 nitrogen and oxygen atoms in total. The lowest BCUT2D eigenvalue weighted by Gasteiger charge is -2.17. The SMILES string of the molecule is CN(CCOc1ccc(Br)cc1)Cc1ccccc1Br. The predicted molar refractivity (Wildman–Crippen MR) is 90.1 cm³/mol. The molecule has 0 saturated heterocycles. The third kappa shape index (κ3) is 4.93. The second kappa shape index (κ2) is 7.81. The monoisotopic (exact) mass is 397 g/mol. The van der Waals surface area contributed by atoms with Crippen molar-refractivity contribution in [2.45, 2.75) is 6.54 Å². The van der Waals surface area contributed by atoms with Crippen LogP contribution in [-0.4, -0.2) is 25.1 Å². The third-order valence-corrected chi connectivity index (χ3v) is 4.26. The molecule has 2 rings (SSSR count). The van der Waals surface area contributed by atoms with Crippen LogP contribution in [0, 0.1) is 0 Å². The van der Waals surface area contributed by atoms with Crippen LogP contribution in [0.3, 0.4) is 0 Å². The first kappa shape index (κ1) is 15.5. The molecule has 0 radical (unpaired) electrons. The molecule has 2 aromatic carbocycles. The fourth-order valence-electron chi connectivity index (χ4n) is 1.85. The molecular weight excluding hydrogens is 382 g/mol. The van der Waals surface area contributed by atoms with Gasteiger partial charge in [-0.3, -0.25) is 4.90 Å². The van der Waals surface area contributed by atoms with Gasteiger partial charge in [-0.1, -0.05) is 50.1 Å². The van der Waals surface area contributed by atoms with Gasteiger partial charge in [-0.25, -0.2) is 0 Å². The van der Waals surface area contributed by atoms with Crippen LogP contribution >= 0.6 is 31.9 Å². The van der Waals surface area contributed by atoms with Gasteiger partial charge >= 0.3 is 0 Å². The van der Waals surface area contributed by atoms with Crippen LogP contribution in [0.15, 0.2) is 57.5 Å². The summed E-state index contributed by atoms with van der Waals surface area (Å²) in [5.74, 6) is 0.905. The Kier molecular flexibility index (Phi) is 6.07. The largest absolute Gasteiger partial charge is 0.492 e. The summed E-state index contributed by atoms with van der Waals surface area (Å²) >= 11 is 6.99. The van der Waals surface area contributed by atoms with Crippen molar-refractivity contribution in [1.29, 1.82) is 0 Å². The van der Waals surface area contributed by atoms with E-state index in [1.165, 1.54) is 5.56 Å². The summed E-state index contributed by atoms with van der Waals surface area (Å²) in [4.78, 5) is 2.25. The molecule has 4 heteroatoms. The number of hydrogen-bond donors (Lipinski definition) is 0. The molecule has 2 aromatic rings. The van der Waals surface area contributed by atoms with E-state index in [-0.39, 0.29) is 0 Å². The van der Waals surface area contributed by atoms with E-state index < -0.39 is 0 Å². The Hall–Kier alpha value is -0.840. The van der Waals surface area contributed by atoms with Gasteiger partial charge in [0.05, 0.1) is 0 Å². The van der Waals surface area contributed by atoms with E-state index in [9.17, 15) is 0 Å². The van der Waals surface area contributed by atoms with Crippen LogP contribution in [-0.2, 0) is 6.54 Å². The van der Waals surface area contributed by atoms with Gasteiger partial charge in [-0.2, -0.15) is 0 Å². The van der Waals surface area contributed by atoms with E-state index in [0.29, 0.717) is 6.61 Å². The highest BCUT2D eigenvalue weighted by atomic mass is 79.9. The lowest BCUT2D eigenvalue weighted by molar-refractivity contribution is 0.232. The number of rotatable bonds is 6. The van der Waals surface area contributed by atoms with Crippen LogP contribution < -0.4 is 4.74 Å². The average Bonchev–Trinajstić information content (AvgIpc) is 2.44. The Morgan fingerprint density at radius 1 is 1.00 bits per heavy atom. The summed E-state index contributed by atoms with van der Waals surface area (Å²) < 4.78 is 7.94. The minimum Gasteiger partial charge on any atom is -0.492 e. The predicted octanol–water partition coefficient (Wildman–Crippen LogP) is 4.72. The molecular formula is C16H17Br2NO. The number of nitrogens with zero attached hydrogens (tertiary/aromatic N) is 1. The molecule has 0 fully saturated rings. The maximum atomic E-state index is 5.73. The number of hydrogen-bond acceptors (Lipinski definition) is 2. The number of ether oxygens (including phenoxy) is 1. The highest BCUT2D eigenvalue weighted by Crippen LogP contribution is 2.18. The van der Waals surface area contributed by atoms with Crippen LogP contribution in [0.2, 0.25) is 0 Å². The van der Waals surface area contributed by atoms with Gasteiger partial charge in [0.1, 0.15) is 12.4 Å². The highest BCUT2D eigenvalue weighted by molar-refractivity contribution is 9.10. The molecule has 0 spiro atoms. The topological polar surface area (TPSA) is 12.5 Å². The number of benzene rings is 2. The molecule has 0 aromatic heterocycles. The molecule has 0 atom stereocenters. The fraction of sp³-hybridized carbons (Fsp3) is 0.250. The molecule has 0 aliphatic rings. The second-order valence-electron chi connectivity index (χ2n) is 4.63. The van der Waals surface area contributed by atoms with E-state index in [1.807, 2.05) is 30.3 Å². The molecule has 0 amide bonds. The first-order valence-electron chi connectivity index (χ1n) is 6.45. The van der Waals surface area contributed by atoms with Crippen molar-refractivity contribution in [3.63, 3.8) is 0 Å². The van der Waals surface area contributed by atoms with Crippen molar-refractivity contribution in [3.05, 3.63) is 63.0 Å². The van der Waals surface area contributed by atoms with Gasteiger partial charge in [-0.15, -0.1) is 0 Å². The van der Waals surface area contributed by atoms with Gasteiger partial charge in [-0.05, 0) is 42.9 Å². The van der Waals surface area contributed by atoms with E-state index in [2.05, 4.69) is 62.0 Å². The Morgan fingerprint density at radius 3 is 2.40 bits per heavy atom. The molecule has 0 aliphatic carbocycles. The normalized spacial score (nSPS) is 10.8. The van der Waals surface area contributed by atoms with E-state index in [1.54, 1.807) is 0 Å². The zero-order chi connectivity index (χ0) is 14.4. The van der Waals surface area contributed by atoms with E-state index >= 15 is 0 Å². The first-order valence-corrected chi connectivity index (χ1v) is 8.04. The van der Waals surface area contributed by atoms with Gasteiger partial charge in [0.2, 0.25) is 0 Å². The summed E-state index contributed by atoms with van der Waals surface area (Å²) in [7, 11) is 2.10. The van der Waals surface area contributed by atoms with Crippen molar-refractivity contribution in [2.75, 3.05) is 20.2 Å². The fourth-order valence-corrected chi connectivity index (χ4v) is 2.52. The lowest BCUT2D eigenvalue weighted by atomic mass is 10.2. The summed E-state index contributed by atoms with van der Waals surface area (Å²) in [6.07, 6.45) is 0. The lowest BCUT2D eigenvalue weighted by Crippen LogP contribution is -2.24. The van der Waals surface area contributed by atoms with Crippen LogP contribution in [0.25, 0.3) is 0 Å². The van der Waals surface area contributed by atoms with E-state index in [0.717, 1.165) is 27.8 Å². The summed E-state index contributed by atoms with van der Waals surface area (Å²) in [5, 5.41) is 0. The van der Waals surface area contributed by atoms with Gasteiger partial charge in [0.25, 0.3) is 0 Å². The molecule has 0 N–H and O–H groups in total. The van der Waals surface area contributed by atoms with E-state index in [4.69, 9.17) is 4.74 Å². The molecule has 20 heavy (non-hydrogen) atoms. The quantitative estimate of drug-likeness (QED) is 0.697. The Morgan fingerprint density at radius 2 is 1.70 bits per heavy atom. The van der Waals surface area contributed by atoms with Crippen molar-refractivity contribution in [2.24, 2.45) is 0 Å². The molecule has 0 aliphatic heterocycles. The van der Waals surface area contributed by atoms with Crippen molar-refractivity contribution in [3.8, 4) is 5.75 Å². The average molecular weight is 399 g/mol. The van der Waals surface area contributed by atoms with Gasteiger partial charge in [0, 0.05) is 22.0 Å². The molecule has 0 bridgehead atoms. The maximum Gasteiger partial charge on any atom is 0.119 e. The third-order valence-electron chi connectivity index (χ3n) is 2.95. The Labute approximate surface area is 137 Å². The van der Waals surface area contributed by atoms with Crippen LogP contribution in [0.1, 0.15) is 5.56 Å². The Balaban J connectivity index is 1.76. The summed E-state index contributed by atoms with van der Waals surface area (Å²) in [5.41, 5.74) is 1.29. The highest BCUT2D eigenvalue weighted by Gasteiger charge is 2.03. The van der Waals surface area contributed by atoms with Crippen LogP contribution in [0.5, 0.6) is 5.75 Å². The van der Waals surface area contributed by atoms with Crippen LogP contribution in [0.4, 0.5) is 0 Å². The minimum atomic E-state index is 0.683. The Bertz CT molecular complexity index is 542. The van der Waals surface area contributed by atoms with Crippen molar-refractivity contribution >= 4 is 31.9 Å². The molecule has 0 saturated carbocycles. The standard InChI is InChI=1S/C16H17Br2NO/c1-19(12-13-4-2-3-5-16(13)18)10-11-20-15-8-6-14(17)7-9-15/h2-9H,10-12H2,1H3. The molecule has 106 valence electrons. The zero-order valence-electron chi connectivity index (χ0n) is 11.4. The van der Waals surface area contributed by atoms with Gasteiger partial charge in [0.15, 0.2) is 0 Å². The van der Waals surface area contributed by atoms with Gasteiger partial charge < -0.3 is 4.74 Å². The van der Waals surface area contributed by atoms with Crippen molar-refractivity contribution in [1.82, 2.24) is 4.90 Å². The second-order valence-corrected chi connectivity index (χ2v) is 6.40. The number of likely N-dealkylation sites (N-methyl/N-ethyl adjacent to an activating group) is 1. The number of halogens is 2. The molecule has 0 heterocycles. The smallest absolute Gasteiger partial charge is 0.119 e. The first-order chi connectivity index (χ1) is 9.65. The maximum absolute atomic E-state index is 5.73. The zero-order valence-corrected chi connectivity index (χ0v) is 14.5. The molecule has 0 unspecified atom stereocenters. The van der Waals surface area contributed by atoms with Crippen molar-refractivity contribution < 1.29 is 4.74 Å². The summed E-state index contributed by atoms with van der Waals surface area (Å²) in [6.45, 7) is 2.48.